The predicted octanol–water partition coefficient (Wildman–Crippen LogP) is 2.97. The maximum Gasteiger partial charge on any atom is 0.254 e. The van der Waals surface area contributed by atoms with E-state index in [4.69, 9.17) is 0 Å². The molecule has 0 N–H and O–H groups in total. The van der Waals surface area contributed by atoms with Gasteiger partial charge in [-0.25, -0.2) is 0 Å². The quantitative estimate of drug-likeness (QED) is 0.856. The van der Waals surface area contributed by atoms with Crippen molar-refractivity contribution in [1.82, 2.24) is 4.90 Å². The normalized spacial score (nSPS) is 22.5. The summed E-state index contributed by atoms with van der Waals surface area (Å²) in [5.41, 5.74) is 3.35. The van der Waals surface area contributed by atoms with Gasteiger partial charge in [0, 0.05) is 30.3 Å². The molecule has 1 amide bonds. The number of amides is 1. The largest absolute Gasteiger partial charge is 0.307 e. The lowest BCUT2D eigenvalue weighted by atomic mass is 10.1. The van der Waals surface area contributed by atoms with Crippen LogP contribution in [0.5, 0.6) is 0 Å². The van der Waals surface area contributed by atoms with E-state index in [0.717, 1.165) is 30.8 Å². The summed E-state index contributed by atoms with van der Waals surface area (Å²) in [5.74, 6) is 1.43. The molecule has 115 valence electrons. The van der Waals surface area contributed by atoms with E-state index in [1.54, 1.807) is 0 Å². The molecular formula is C19H23N2O. The van der Waals surface area contributed by atoms with Crippen LogP contribution in [0.3, 0.4) is 0 Å². The zero-order valence-electron chi connectivity index (χ0n) is 13.1. The van der Waals surface area contributed by atoms with E-state index >= 15 is 0 Å². The zero-order valence-corrected chi connectivity index (χ0v) is 13.1. The van der Waals surface area contributed by atoms with Gasteiger partial charge in [-0.3, -0.25) is 4.79 Å². The molecule has 0 atom stereocenters. The lowest BCUT2D eigenvalue weighted by Crippen LogP contribution is -2.39. The molecule has 2 heterocycles. The van der Waals surface area contributed by atoms with E-state index < -0.39 is 0 Å². The molecule has 1 radical (unpaired) electrons. The number of rotatable bonds is 3. The molecule has 4 rings (SSSR count). The highest BCUT2D eigenvalue weighted by Crippen LogP contribution is 2.42. The van der Waals surface area contributed by atoms with Crippen molar-refractivity contribution in [2.45, 2.75) is 32.1 Å². The first-order chi connectivity index (χ1) is 10.8. The fraction of sp³-hybridized carbons (Fsp3) is 0.474. The van der Waals surface area contributed by atoms with Crippen LogP contribution in [0.15, 0.2) is 35.9 Å². The second-order valence-electron chi connectivity index (χ2n) is 6.60. The summed E-state index contributed by atoms with van der Waals surface area (Å²) in [4.78, 5) is 17.2. The van der Waals surface area contributed by atoms with Gasteiger partial charge in [0.2, 0.25) is 0 Å². The number of likely N-dealkylation sites (tertiary alicyclic amines) is 1. The maximum atomic E-state index is 12.7. The van der Waals surface area contributed by atoms with Gasteiger partial charge >= 0.3 is 0 Å². The van der Waals surface area contributed by atoms with Crippen molar-refractivity contribution in [2.24, 2.45) is 0 Å². The average Bonchev–Trinajstić information content (AvgIpc) is 3.32. The first-order valence-electron chi connectivity index (χ1n) is 8.53. The fourth-order valence-corrected chi connectivity index (χ4v) is 3.69. The van der Waals surface area contributed by atoms with E-state index in [1.165, 1.54) is 50.3 Å². The summed E-state index contributed by atoms with van der Waals surface area (Å²) in [7, 11) is 0. The van der Waals surface area contributed by atoms with Crippen molar-refractivity contribution >= 4 is 11.6 Å². The van der Waals surface area contributed by atoms with Gasteiger partial charge < -0.3 is 9.80 Å². The maximum absolute atomic E-state index is 12.7. The molecule has 22 heavy (non-hydrogen) atoms. The number of carbonyl (C=O) groups excluding carboxylic acids is 1. The molecule has 0 saturated carbocycles. The zero-order chi connectivity index (χ0) is 14.9. The number of benzene rings is 1. The summed E-state index contributed by atoms with van der Waals surface area (Å²) in [6, 6.07) is 8.37. The van der Waals surface area contributed by atoms with Crippen LogP contribution in [0.2, 0.25) is 0 Å². The Kier molecular flexibility index (Phi) is 3.75. The van der Waals surface area contributed by atoms with Crippen molar-refractivity contribution in [1.29, 1.82) is 0 Å². The van der Waals surface area contributed by atoms with Gasteiger partial charge in [-0.1, -0.05) is 37.1 Å². The van der Waals surface area contributed by atoms with Gasteiger partial charge in [0.25, 0.3) is 5.91 Å². The minimum absolute atomic E-state index is 0.203. The van der Waals surface area contributed by atoms with Crippen LogP contribution in [0.1, 0.15) is 31.2 Å². The molecule has 0 unspecified atom stereocenters. The first kappa shape index (κ1) is 14.0. The minimum atomic E-state index is 0.203. The molecule has 1 saturated heterocycles. The number of para-hydroxylation sites is 1. The highest BCUT2D eigenvalue weighted by molar-refractivity contribution is 6.14. The van der Waals surface area contributed by atoms with E-state index in [2.05, 4.69) is 29.2 Å². The molecule has 0 spiro atoms. The Morgan fingerprint density at radius 2 is 1.73 bits per heavy atom. The Morgan fingerprint density at radius 3 is 2.55 bits per heavy atom. The van der Waals surface area contributed by atoms with E-state index in [0.29, 0.717) is 0 Å². The van der Waals surface area contributed by atoms with Crippen molar-refractivity contribution in [3.05, 3.63) is 47.4 Å². The Bertz CT molecular complexity index is 599. The Labute approximate surface area is 132 Å². The minimum Gasteiger partial charge on any atom is -0.307 e. The SMILES string of the molecule is O=C1C2=C[C]2Cc2ccccc2N1CCN1CCCCCC1. The second kappa shape index (κ2) is 5.88. The molecular weight excluding hydrogens is 272 g/mol. The lowest BCUT2D eigenvalue weighted by Gasteiger charge is -2.27. The molecule has 3 heteroatoms. The molecule has 1 aromatic carbocycles. The number of allylic oxidation sites excluding steroid dienone is 1. The third-order valence-corrected chi connectivity index (χ3v) is 5.06. The van der Waals surface area contributed by atoms with Gasteiger partial charge in [-0.2, -0.15) is 0 Å². The van der Waals surface area contributed by atoms with Crippen molar-refractivity contribution < 1.29 is 4.79 Å². The Hall–Kier alpha value is -1.61. The highest BCUT2D eigenvalue weighted by Gasteiger charge is 2.39. The molecule has 3 aliphatic rings. The predicted molar refractivity (Wildman–Crippen MR) is 88.7 cm³/mol. The van der Waals surface area contributed by atoms with Crippen molar-refractivity contribution in [2.75, 3.05) is 31.1 Å². The van der Waals surface area contributed by atoms with Crippen LogP contribution in [0.25, 0.3) is 0 Å². The number of hydrogen-bond acceptors (Lipinski definition) is 2. The lowest BCUT2D eigenvalue weighted by molar-refractivity contribution is -0.114. The Balaban J connectivity index is 1.51. The molecule has 3 nitrogen and oxygen atoms in total. The topological polar surface area (TPSA) is 23.6 Å². The number of anilines is 1. The van der Waals surface area contributed by atoms with Crippen molar-refractivity contribution in [3.8, 4) is 0 Å². The van der Waals surface area contributed by atoms with Crippen molar-refractivity contribution in [3.63, 3.8) is 0 Å². The molecule has 1 aromatic rings. The third-order valence-electron chi connectivity index (χ3n) is 5.06. The highest BCUT2D eigenvalue weighted by atomic mass is 16.2. The number of fused-ring (bicyclic) bond motifs is 2. The van der Waals surface area contributed by atoms with Gasteiger partial charge in [0.05, 0.1) is 0 Å². The van der Waals surface area contributed by atoms with Gasteiger partial charge in [0.15, 0.2) is 0 Å². The van der Waals surface area contributed by atoms with Gasteiger partial charge in [-0.05, 0) is 44.0 Å². The van der Waals surface area contributed by atoms with Gasteiger partial charge in [-0.15, -0.1) is 0 Å². The van der Waals surface area contributed by atoms with E-state index in [-0.39, 0.29) is 5.91 Å². The van der Waals surface area contributed by atoms with Crippen LogP contribution < -0.4 is 4.90 Å². The molecule has 1 aliphatic carbocycles. The molecule has 2 aliphatic heterocycles. The van der Waals surface area contributed by atoms with Gasteiger partial charge in [0.1, 0.15) is 0 Å². The number of hydrogen-bond donors (Lipinski definition) is 0. The summed E-state index contributed by atoms with van der Waals surface area (Å²) >= 11 is 0. The molecule has 0 aromatic heterocycles. The average molecular weight is 295 g/mol. The number of nitrogens with zero attached hydrogens (tertiary/aromatic N) is 2. The Morgan fingerprint density at radius 1 is 0.955 bits per heavy atom. The van der Waals surface area contributed by atoms with Crippen LogP contribution in [-0.2, 0) is 11.2 Å². The summed E-state index contributed by atoms with van der Waals surface area (Å²) in [6.07, 6.45) is 8.27. The van der Waals surface area contributed by atoms with E-state index in [9.17, 15) is 4.79 Å². The first-order valence-corrected chi connectivity index (χ1v) is 8.53. The van der Waals surface area contributed by atoms with Crippen LogP contribution >= 0.6 is 0 Å². The summed E-state index contributed by atoms with van der Waals surface area (Å²) < 4.78 is 0. The third kappa shape index (κ3) is 2.70. The van der Waals surface area contributed by atoms with Crippen LogP contribution in [0, 0.1) is 5.92 Å². The van der Waals surface area contributed by atoms with Crippen LogP contribution in [-0.4, -0.2) is 37.0 Å². The number of carbonyl (C=O) groups is 1. The standard InChI is InChI=1S/C19H23N2O/c22-19-17-14-16(17)13-15-7-3-4-8-18(15)21(19)12-11-20-9-5-1-2-6-10-20/h3-4,7-8,14H,1-2,5-6,9-13H2. The monoisotopic (exact) mass is 295 g/mol. The van der Waals surface area contributed by atoms with E-state index in [1.807, 2.05) is 11.0 Å². The molecule has 1 fully saturated rings. The fourth-order valence-electron chi connectivity index (χ4n) is 3.69. The summed E-state index contributed by atoms with van der Waals surface area (Å²) in [6.45, 7) is 4.16. The molecule has 0 bridgehead atoms. The summed E-state index contributed by atoms with van der Waals surface area (Å²) in [5, 5.41) is 0. The smallest absolute Gasteiger partial charge is 0.254 e. The van der Waals surface area contributed by atoms with Crippen LogP contribution in [0.4, 0.5) is 5.69 Å². The second-order valence-corrected chi connectivity index (χ2v) is 6.60.